The van der Waals surface area contributed by atoms with Gasteiger partial charge in [0, 0.05) is 6.61 Å². The molecule has 0 saturated carbocycles. The zero-order valence-corrected chi connectivity index (χ0v) is 8.45. The Morgan fingerprint density at radius 3 is 2.79 bits per heavy atom. The normalized spacial score (nSPS) is 9.50. The van der Waals surface area contributed by atoms with Crippen LogP contribution in [0.3, 0.4) is 0 Å². The first kappa shape index (κ1) is 12.8. The summed E-state index contributed by atoms with van der Waals surface area (Å²) >= 11 is 0. The Hall–Kier alpha value is -1.16. The molecule has 0 rings (SSSR count). The van der Waals surface area contributed by atoms with Gasteiger partial charge in [0.2, 0.25) is 0 Å². The molecule has 80 valence electrons. The summed E-state index contributed by atoms with van der Waals surface area (Å²) < 4.78 is 9.66. The summed E-state index contributed by atoms with van der Waals surface area (Å²) in [7, 11) is 0. The highest BCUT2D eigenvalue weighted by Crippen LogP contribution is 1.98. The Balaban J connectivity index is 3.25. The Kier molecular flexibility index (Phi) is 7.74. The molecule has 0 spiro atoms. The molecule has 0 bridgehead atoms. The van der Waals surface area contributed by atoms with Crippen molar-refractivity contribution >= 4 is 12.3 Å². The van der Waals surface area contributed by atoms with Gasteiger partial charge in [0.25, 0.3) is 0 Å². The Bertz CT molecular complexity index is 198. The van der Waals surface area contributed by atoms with E-state index < -0.39 is 0 Å². The minimum absolute atomic E-state index is 0.0264. The molecule has 0 heterocycles. The van der Waals surface area contributed by atoms with Gasteiger partial charge in [0.15, 0.2) is 0 Å². The summed E-state index contributed by atoms with van der Waals surface area (Å²) in [6.07, 6.45) is 2.02. The van der Waals surface area contributed by atoms with Gasteiger partial charge in [0.1, 0.15) is 12.9 Å². The summed E-state index contributed by atoms with van der Waals surface area (Å²) in [5, 5.41) is 0. The summed E-state index contributed by atoms with van der Waals surface area (Å²) in [4.78, 5) is 20.9. The molecule has 0 aliphatic carbocycles. The molecule has 0 aromatic carbocycles. The third kappa shape index (κ3) is 7.49. The fourth-order valence-electron chi connectivity index (χ4n) is 0.818. The van der Waals surface area contributed by atoms with Gasteiger partial charge in [-0.1, -0.05) is 6.58 Å². The molecule has 0 aliphatic rings. The number of aldehydes is 1. The van der Waals surface area contributed by atoms with Crippen molar-refractivity contribution in [3.63, 3.8) is 0 Å². The number of carbonyl (C=O) groups is 2. The van der Waals surface area contributed by atoms with Gasteiger partial charge < -0.3 is 9.47 Å². The third-order valence-corrected chi connectivity index (χ3v) is 1.48. The lowest BCUT2D eigenvalue weighted by atomic mass is 10.2. The van der Waals surface area contributed by atoms with Crippen LogP contribution < -0.4 is 0 Å². The second-order valence-electron chi connectivity index (χ2n) is 2.74. The minimum atomic E-state index is -0.360. The van der Waals surface area contributed by atoms with Crippen LogP contribution in [0.25, 0.3) is 0 Å². The highest BCUT2D eigenvalue weighted by molar-refractivity contribution is 5.71. The maximum Gasteiger partial charge on any atom is 0.332 e. The number of hydrogen-bond acceptors (Lipinski definition) is 4. The second-order valence-corrected chi connectivity index (χ2v) is 2.74. The number of carbonyl (C=O) groups excluding carboxylic acids is 2. The molecule has 14 heavy (non-hydrogen) atoms. The number of esters is 1. The average Bonchev–Trinajstić information content (AvgIpc) is 2.17. The predicted molar refractivity (Wildman–Crippen MR) is 51.9 cm³/mol. The average molecular weight is 200 g/mol. The van der Waals surface area contributed by atoms with E-state index in [1.165, 1.54) is 0 Å². The molecular weight excluding hydrogens is 184 g/mol. The highest BCUT2D eigenvalue weighted by Gasteiger charge is 2.00. The van der Waals surface area contributed by atoms with Crippen molar-refractivity contribution < 1.29 is 19.1 Å². The van der Waals surface area contributed by atoms with Crippen molar-refractivity contribution in [3.8, 4) is 0 Å². The van der Waals surface area contributed by atoms with Crippen LogP contribution in [0.5, 0.6) is 0 Å². The van der Waals surface area contributed by atoms with Crippen LogP contribution in [-0.2, 0) is 19.1 Å². The number of rotatable bonds is 8. The quantitative estimate of drug-likeness (QED) is 0.255. The Morgan fingerprint density at radius 1 is 1.50 bits per heavy atom. The predicted octanol–water partition coefficient (Wildman–Crippen LogP) is 1.10. The molecule has 4 heteroatoms. The van der Waals surface area contributed by atoms with Gasteiger partial charge in [-0.25, -0.2) is 4.79 Å². The third-order valence-electron chi connectivity index (χ3n) is 1.48. The molecule has 0 saturated heterocycles. The molecule has 0 unspecified atom stereocenters. The van der Waals surface area contributed by atoms with Crippen LogP contribution in [0.4, 0.5) is 0 Å². The molecule has 0 aromatic heterocycles. The Labute approximate surface area is 83.9 Å². The van der Waals surface area contributed by atoms with Crippen LogP contribution >= 0.6 is 0 Å². The van der Waals surface area contributed by atoms with Crippen LogP contribution in [-0.4, -0.2) is 32.1 Å². The molecule has 0 radical (unpaired) electrons. The van der Waals surface area contributed by atoms with Crippen LogP contribution in [0, 0.1) is 0 Å². The number of allylic oxidation sites excluding steroid dienone is 1. The molecule has 4 nitrogen and oxygen atoms in total. The van der Waals surface area contributed by atoms with Gasteiger partial charge in [-0.2, -0.15) is 0 Å². The number of ether oxygens (including phenoxy) is 2. The van der Waals surface area contributed by atoms with E-state index in [0.29, 0.717) is 31.6 Å². The number of hydrogen-bond donors (Lipinski definition) is 0. The maximum atomic E-state index is 10.8. The summed E-state index contributed by atoms with van der Waals surface area (Å²) in [5.74, 6) is -0.360. The van der Waals surface area contributed by atoms with Gasteiger partial charge in [-0.15, -0.1) is 0 Å². The van der Waals surface area contributed by atoms with Crippen molar-refractivity contribution in [3.05, 3.63) is 12.2 Å². The molecule has 0 aromatic rings. The van der Waals surface area contributed by atoms with Crippen LogP contribution in [0.15, 0.2) is 12.2 Å². The molecule has 0 fully saturated rings. The summed E-state index contributed by atoms with van der Waals surface area (Å²) in [5.41, 5.74) is 0.546. The highest BCUT2D eigenvalue weighted by atomic mass is 16.6. The van der Waals surface area contributed by atoms with Crippen molar-refractivity contribution in [2.75, 3.05) is 19.8 Å². The van der Waals surface area contributed by atoms with Gasteiger partial charge >= 0.3 is 5.97 Å². The topological polar surface area (TPSA) is 52.6 Å². The van der Waals surface area contributed by atoms with E-state index in [2.05, 4.69) is 11.3 Å². The molecule has 0 amide bonds. The lowest BCUT2D eigenvalue weighted by molar-refractivity contribution is -0.148. The van der Waals surface area contributed by atoms with E-state index in [-0.39, 0.29) is 12.6 Å². The van der Waals surface area contributed by atoms with E-state index >= 15 is 0 Å². The monoisotopic (exact) mass is 200 g/mol. The first-order chi connectivity index (χ1) is 6.70. The Morgan fingerprint density at radius 2 is 2.21 bits per heavy atom. The van der Waals surface area contributed by atoms with Crippen LogP contribution in [0.2, 0.25) is 0 Å². The van der Waals surface area contributed by atoms with E-state index in [1.807, 2.05) is 0 Å². The SMILES string of the molecule is C=C(C=O)CCCOCC(=O)OCC. The van der Waals surface area contributed by atoms with Gasteiger partial charge in [0.05, 0.1) is 6.61 Å². The summed E-state index contributed by atoms with van der Waals surface area (Å²) in [6.45, 7) is 6.04. The minimum Gasteiger partial charge on any atom is -0.464 e. The second kappa shape index (κ2) is 8.44. The fourth-order valence-corrected chi connectivity index (χ4v) is 0.818. The fraction of sp³-hybridized carbons (Fsp3) is 0.600. The first-order valence-corrected chi connectivity index (χ1v) is 4.57. The van der Waals surface area contributed by atoms with Crippen molar-refractivity contribution in [1.29, 1.82) is 0 Å². The van der Waals surface area contributed by atoms with E-state index in [9.17, 15) is 9.59 Å². The van der Waals surface area contributed by atoms with Crippen molar-refractivity contribution in [2.45, 2.75) is 19.8 Å². The van der Waals surface area contributed by atoms with Gasteiger partial charge in [-0.3, -0.25) is 4.79 Å². The lowest BCUT2D eigenvalue weighted by Crippen LogP contribution is -2.12. The summed E-state index contributed by atoms with van der Waals surface area (Å²) in [6, 6.07) is 0. The van der Waals surface area contributed by atoms with Crippen molar-refractivity contribution in [1.82, 2.24) is 0 Å². The first-order valence-electron chi connectivity index (χ1n) is 4.57. The molecule has 0 aliphatic heterocycles. The maximum absolute atomic E-state index is 10.8. The smallest absolute Gasteiger partial charge is 0.332 e. The molecule has 0 N–H and O–H groups in total. The molecule has 0 atom stereocenters. The van der Waals surface area contributed by atoms with E-state index in [4.69, 9.17) is 4.74 Å². The zero-order valence-electron chi connectivity index (χ0n) is 8.45. The standard InChI is InChI=1S/C10H16O4/c1-3-14-10(12)8-13-6-4-5-9(2)7-11/h7H,2-6,8H2,1H3. The molecular formula is C10H16O4. The zero-order chi connectivity index (χ0) is 10.8. The van der Waals surface area contributed by atoms with Gasteiger partial charge in [-0.05, 0) is 25.3 Å². The largest absolute Gasteiger partial charge is 0.464 e. The lowest BCUT2D eigenvalue weighted by Gasteiger charge is -2.03. The van der Waals surface area contributed by atoms with Crippen LogP contribution in [0.1, 0.15) is 19.8 Å². The van der Waals surface area contributed by atoms with Crippen molar-refractivity contribution in [2.24, 2.45) is 0 Å². The van der Waals surface area contributed by atoms with E-state index in [0.717, 1.165) is 6.29 Å². The van der Waals surface area contributed by atoms with E-state index in [1.54, 1.807) is 6.92 Å².